The maximum Gasteiger partial charge on any atom is 0.328 e. The van der Waals surface area contributed by atoms with E-state index < -0.39 is 5.97 Å². The molecule has 0 fully saturated rings. The van der Waals surface area contributed by atoms with Crippen molar-refractivity contribution >= 4 is 34.1 Å². The number of nitrogens with one attached hydrogen (secondary N) is 1. The third-order valence-corrected chi connectivity index (χ3v) is 5.19. The van der Waals surface area contributed by atoms with Gasteiger partial charge in [-0.1, -0.05) is 61.5 Å². The fourth-order valence-electron chi connectivity index (χ4n) is 3.74. The highest BCUT2D eigenvalue weighted by molar-refractivity contribution is 6.00. The van der Waals surface area contributed by atoms with Crippen molar-refractivity contribution in [3.63, 3.8) is 0 Å². The Bertz CT molecular complexity index is 1290. The molecule has 4 rings (SSSR count). The van der Waals surface area contributed by atoms with Crippen molar-refractivity contribution in [3.05, 3.63) is 107 Å². The molecule has 3 aromatic carbocycles. The van der Waals surface area contributed by atoms with Crippen molar-refractivity contribution < 1.29 is 14.3 Å². The minimum Gasteiger partial charge on any atom is -0.478 e. The van der Waals surface area contributed by atoms with Crippen molar-refractivity contribution in [2.24, 2.45) is 0 Å². The summed E-state index contributed by atoms with van der Waals surface area (Å²) >= 11 is 0. The Kier molecular flexibility index (Phi) is 5.76. The first-order valence-electron chi connectivity index (χ1n) is 10.00. The standard InChI is InChI=1S/C26H21FN2O2/c1-2-21(18-6-4-3-5-7-18)26(19-11-8-17(9-12-19)10-13-25(30)31)22-14-20-16-28-29-24(20)15-23(22)27/h3-16H,2H2,1H3,(H,28,29)(H,30,31)/b13-10+,26-21+. The van der Waals surface area contributed by atoms with Gasteiger partial charge in [0.15, 0.2) is 0 Å². The van der Waals surface area contributed by atoms with E-state index in [1.165, 1.54) is 12.1 Å². The van der Waals surface area contributed by atoms with Crippen LogP contribution in [0.3, 0.4) is 0 Å². The predicted molar refractivity (Wildman–Crippen MR) is 122 cm³/mol. The van der Waals surface area contributed by atoms with Gasteiger partial charge in [-0.25, -0.2) is 9.18 Å². The van der Waals surface area contributed by atoms with Crippen molar-refractivity contribution in [1.82, 2.24) is 10.2 Å². The first-order chi connectivity index (χ1) is 15.1. The molecule has 0 spiro atoms. The Labute approximate surface area is 179 Å². The second-order valence-electron chi connectivity index (χ2n) is 7.16. The minimum atomic E-state index is -1.00. The third-order valence-electron chi connectivity index (χ3n) is 5.19. The highest BCUT2D eigenvalue weighted by Crippen LogP contribution is 2.37. The predicted octanol–water partition coefficient (Wildman–Crippen LogP) is 6.17. The van der Waals surface area contributed by atoms with Crippen LogP contribution in [-0.4, -0.2) is 21.3 Å². The van der Waals surface area contributed by atoms with Crippen LogP contribution >= 0.6 is 0 Å². The van der Waals surface area contributed by atoms with E-state index in [1.54, 1.807) is 6.20 Å². The molecule has 0 bridgehead atoms. The summed E-state index contributed by atoms with van der Waals surface area (Å²) in [6.07, 6.45) is 5.03. The molecule has 0 aliphatic heterocycles. The zero-order valence-electron chi connectivity index (χ0n) is 17.0. The molecule has 5 heteroatoms. The van der Waals surface area contributed by atoms with Crippen molar-refractivity contribution in [2.45, 2.75) is 13.3 Å². The van der Waals surface area contributed by atoms with Crippen LogP contribution < -0.4 is 0 Å². The first-order valence-corrected chi connectivity index (χ1v) is 10.00. The number of halogens is 1. The molecule has 0 aliphatic carbocycles. The van der Waals surface area contributed by atoms with Gasteiger partial charge < -0.3 is 5.11 Å². The molecular weight excluding hydrogens is 391 g/mol. The Morgan fingerprint density at radius 1 is 1.06 bits per heavy atom. The van der Waals surface area contributed by atoms with E-state index in [2.05, 4.69) is 17.1 Å². The van der Waals surface area contributed by atoms with E-state index in [0.717, 1.165) is 39.3 Å². The average Bonchev–Trinajstić information content (AvgIpc) is 3.24. The van der Waals surface area contributed by atoms with Gasteiger partial charge in [0.1, 0.15) is 5.82 Å². The lowest BCUT2D eigenvalue weighted by Crippen LogP contribution is -1.98. The van der Waals surface area contributed by atoms with Crippen LogP contribution in [0.15, 0.2) is 79.0 Å². The summed E-state index contributed by atoms with van der Waals surface area (Å²) in [6, 6.07) is 20.7. The van der Waals surface area contributed by atoms with E-state index in [0.29, 0.717) is 17.5 Å². The van der Waals surface area contributed by atoms with E-state index in [1.807, 2.05) is 60.7 Å². The maximum atomic E-state index is 15.3. The number of rotatable bonds is 6. The Morgan fingerprint density at radius 3 is 2.48 bits per heavy atom. The molecule has 0 aliphatic rings. The highest BCUT2D eigenvalue weighted by atomic mass is 19.1. The molecule has 1 aromatic heterocycles. The topological polar surface area (TPSA) is 66.0 Å². The summed E-state index contributed by atoms with van der Waals surface area (Å²) in [5.41, 5.74) is 5.63. The van der Waals surface area contributed by atoms with Crippen LogP contribution in [0.5, 0.6) is 0 Å². The Balaban J connectivity index is 1.94. The van der Waals surface area contributed by atoms with E-state index in [4.69, 9.17) is 5.11 Å². The summed E-state index contributed by atoms with van der Waals surface area (Å²) in [7, 11) is 0. The summed E-state index contributed by atoms with van der Waals surface area (Å²) in [5, 5.41) is 16.5. The normalized spacial score (nSPS) is 12.3. The van der Waals surface area contributed by atoms with Crippen LogP contribution in [0.1, 0.15) is 35.6 Å². The number of nitrogens with zero attached hydrogens (tertiary/aromatic N) is 1. The molecule has 0 atom stereocenters. The number of carboxylic acid groups (broad SMARTS) is 1. The summed E-state index contributed by atoms with van der Waals surface area (Å²) < 4.78 is 15.3. The highest BCUT2D eigenvalue weighted by Gasteiger charge is 2.17. The number of hydrogen-bond acceptors (Lipinski definition) is 2. The molecule has 154 valence electrons. The van der Waals surface area contributed by atoms with E-state index >= 15 is 4.39 Å². The summed E-state index contributed by atoms with van der Waals surface area (Å²) in [5.74, 6) is -1.33. The van der Waals surface area contributed by atoms with Gasteiger partial charge in [0, 0.05) is 23.1 Å². The lowest BCUT2D eigenvalue weighted by molar-refractivity contribution is -0.131. The molecule has 2 N–H and O–H groups in total. The number of aromatic nitrogens is 2. The molecular formula is C26H21FN2O2. The average molecular weight is 412 g/mol. The second kappa shape index (κ2) is 8.79. The number of benzene rings is 3. The lowest BCUT2D eigenvalue weighted by atomic mass is 9.87. The smallest absolute Gasteiger partial charge is 0.328 e. The fourth-order valence-corrected chi connectivity index (χ4v) is 3.74. The summed E-state index contributed by atoms with van der Waals surface area (Å²) in [6.45, 7) is 2.06. The fraction of sp³-hybridized carbons (Fsp3) is 0.0769. The molecule has 1 heterocycles. The van der Waals surface area contributed by atoms with Gasteiger partial charge in [-0.05, 0) is 46.4 Å². The van der Waals surface area contributed by atoms with Gasteiger partial charge in [0.2, 0.25) is 0 Å². The molecule has 0 saturated heterocycles. The number of H-pyrrole nitrogens is 1. The van der Waals surface area contributed by atoms with Gasteiger partial charge in [-0.3, -0.25) is 5.10 Å². The van der Waals surface area contributed by atoms with Gasteiger partial charge >= 0.3 is 5.97 Å². The largest absolute Gasteiger partial charge is 0.478 e. The molecule has 4 aromatic rings. The van der Waals surface area contributed by atoms with Gasteiger partial charge in [-0.2, -0.15) is 5.10 Å². The number of fused-ring (bicyclic) bond motifs is 1. The monoisotopic (exact) mass is 412 g/mol. The van der Waals surface area contributed by atoms with E-state index in [-0.39, 0.29) is 5.82 Å². The molecule has 0 unspecified atom stereocenters. The summed E-state index contributed by atoms with van der Waals surface area (Å²) in [4.78, 5) is 10.8. The van der Waals surface area contributed by atoms with Crippen LogP contribution in [0.4, 0.5) is 4.39 Å². The molecule has 31 heavy (non-hydrogen) atoms. The molecule has 0 radical (unpaired) electrons. The molecule has 4 nitrogen and oxygen atoms in total. The first kappa shape index (κ1) is 20.3. The maximum absolute atomic E-state index is 15.3. The number of allylic oxidation sites excluding steroid dienone is 1. The van der Waals surface area contributed by atoms with Crippen LogP contribution in [0, 0.1) is 5.82 Å². The number of aliphatic carboxylic acids is 1. The Hall–Kier alpha value is -3.99. The SMILES string of the molecule is CC/C(=C(/c1ccc(/C=C/C(=O)O)cc1)c1cc2cn[nH]c2cc1F)c1ccccc1. The van der Waals surface area contributed by atoms with Gasteiger partial charge in [0.05, 0.1) is 11.7 Å². The van der Waals surface area contributed by atoms with E-state index in [9.17, 15) is 4.79 Å². The van der Waals surface area contributed by atoms with Gasteiger partial charge in [-0.15, -0.1) is 0 Å². The van der Waals surface area contributed by atoms with Crippen LogP contribution in [-0.2, 0) is 4.79 Å². The number of carbonyl (C=O) groups is 1. The zero-order chi connectivity index (χ0) is 21.8. The van der Waals surface area contributed by atoms with Crippen LogP contribution in [0.2, 0.25) is 0 Å². The minimum absolute atomic E-state index is 0.330. The zero-order valence-corrected chi connectivity index (χ0v) is 17.0. The third kappa shape index (κ3) is 4.31. The molecule has 0 saturated carbocycles. The second-order valence-corrected chi connectivity index (χ2v) is 7.16. The lowest BCUT2D eigenvalue weighted by Gasteiger charge is -2.17. The van der Waals surface area contributed by atoms with Crippen LogP contribution in [0.25, 0.3) is 28.1 Å². The van der Waals surface area contributed by atoms with Crippen molar-refractivity contribution in [2.75, 3.05) is 0 Å². The Morgan fingerprint density at radius 2 is 1.81 bits per heavy atom. The number of carboxylic acids is 1. The molecule has 0 amide bonds. The number of aromatic amines is 1. The number of hydrogen-bond donors (Lipinski definition) is 2. The van der Waals surface area contributed by atoms with Crippen molar-refractivity contribution in [1.29, 1.82) is 0 Å². The van der Waals surface area contributed by atoms with Crippen molar-refractivity contribution in [3.8, 4) is 0 Å². The van der Waals surface area contributed by atoms with Gasteiger partial charge in [0.25, 0.3) is 0 Å². The quantitative estimate of drug-likeness (QED) is 0.294.